The maximum Gasteiger partial charge on any atom is 0.237 e. The number of morpholine rings is 1. The molecule has 0 N–H and O–H groups in total. The molecule has 0 spiro atoms. The van der Waals surface area contributed by atoms with Gasteiger partial charge in [-0.1, -0.05) is 6.92 Å². The van der Waals surface area contributed by atoms with Gasteiger partial charge in [0, 0.05) is 24.0 Å². The van der Waals surface area contributed by atoms with Gasteiger partial charge >= 0.3 is 0 Å². The summed E-state index contributed by atoms with van der Waals surface area (Å²) in [4.78, 5) is 18.7. The number of amides is 1. The Morgan fingerprint density at radius 1 is 1.45 bits per heavy atom. The number of rotatable bonds is 3. The molecule has 1 aromatic rings. The van der Waals surface area contributed by atoms with Crippen molar-refractivity contribution in [1.29, 1.82) is 0 Å². The third-order valence-corrected chi connectivity index (χ3v) is 5.87. The van der Waals surface area contributed by atoms with E-state index in [4.69, 9.17) is 4.74 Å². The molecule has 4 nitrogen and oxygen atoms in total. The molecule has 0 bridgehead atoms. The highest BCUT2D eigenvalue weighted by Crippen LogP contribution is 2.35. The fourth-order valence-corrected chi connectivity index (χ4v) is 4.52. The zero-order valence-corrected chi connectivity index (χ0v) is 14.6. The van der Waals surface area contributed by atoms with Crippen LogP contribution in [0, 0.1) is 0 Å². The molecule has 0 aromatic carbocycles. The van der Waals surface area contributed by atoms with Gasteiger partial charge in [0.25, 0.3) is 0 Å². The number of hydrogen-bond acceptors (Lipinski definition) is 4. The number of ether oxygens (including phenoxy) is 1. The summed E-state index contributed by atoms with van der Waals surface area (Å²) >= 11 is 1.83. The van der Waals surface area contributed by atoms with E-state index in [1.54, 1.807) is 0 Å². The van der Waals surface area contributed by atoms with Gasteiger partial charge in [0.15, 0.2) is 0 Å². The minimum atomic E-state index is 0.218. The Bertz CT molecular complexity index is 530. The van der Waals surface area contributed by atoms with Crippen LogP contribution in [0.15, 0.2) is 11.4 Å². The smallest absolute Gasteiger partial charge is 0.237 e. The predicted molar refractivity (Wildman–Crippen MR) is 89.2 cm³/mol. The van der Waals surface area contributed by atoms with Crippen molar-refractivity contribution in [2.75, 3.05) is 26.2 Å². The molecule has 2 aliphatic rings. The average molecular weight is 322 g/mol. The van der Waals surface area contributed by atoms with Crippen molar-refractivity contribution < 1.29 is 9.53 Å². The van der Waals surface area contributed by atoms with E-state index in [9.17, 15) is 4.79 Å². The van der Waals surface area contributed by atoms with Crippen LogP contribution in [0.5, 0.6) is 0 Å². The number of hydrogen-bond donors (Lipinski definition) is 0. The quantitative estimate of drug-likeness (QED) is 0.858. The lowest BCUT2D eigenvalue weighted by Gasteiger charge is -2.40. The molecular weight excluding hydrogens is 296 g/mol. The summed E-state index contributed by atoms with van der Waals surface area (Å²) in [6.45, 7) is 9.35. The number of nitrogens with zero attached hydrogens (tertiary/aromatic N) is 2. The molecule has 5 heteroatoms. The lowest BCUT2D eigenvalue weighted by molar-refractivity contribution is -0.139. The molecular formula is C17H26N2O2S. The van der Waals surface area contributed by atoms with E-state index >= 15 is 0 Å². The Labute approximate surface area is 137 Å². The zero-order valence-electron chi connectivity index (χ0n) is 13.7. The molecule has 3 rings (SSSR count). The third-order valence-electron chi connectivity index (χ3n) is 4.88. The maximum atomic E-state index is 12.9. The van der Waals surface area contributed by atoms with Crippen LogP contribution in [0.3, 0.4) is 0 Å². The van der Waals surface area contributed by atoms with Gasteiger partial charge in [-0.05, 0) is 43.7 Å². The fourth-order valence-electron chi connectivity index (χ4n) is 3.59. The van der Waals surface area contributed by atoms with Crippen molar-refractivity contribution in [3.05, 3.63) is 21.9 Å². The Morgan fingerprint density at radius 2 is 2.27 bits per heavy atom. The van der Waals surface area contributed by atoms with Gasteiger partial charge in [-0.3, -0.25) is 9.69 Å². The van der Waals surface area contributed by atoms with Crippen molar-refractivity contribution in [1.82, 2.24) is 9.80 Å². The fraction of sp³-hybridized carbons (Fsp3) is 0.706. The van der Waals surface area contributed by atoms with Crippen LogP contribution < -0.4 is 0 Å². The second-order valence-electron chi connectivity index (χ2n) is 6.48. The summed E-state index contributed by atoms with van der Waals surface area (Å²) in [7, 11) is 0. The molecule has 2 aliphatic heterocycles. The van der Waals surface area contributed by atoms with Crippen LogP contribution in [0.25, 0.3) is 0 Å². The largest absolute Gasteiger partial charge is 0.376 e. The molecule has 122 valence electrons. The molecule has 1 saturated heterocycles. The first-order valence-corrected chi connectivity index (χ1v) is 9.19. The molecule has 3 unspecified atom stereocenters. The minimum Gasteiger partial charge on any atom is -0.376 e. The number of carbonyl (C=O) groups is 1. The SMILES string of the molecule is CCC1c2ccsc2CCN1C(=O)CN1CC(C)OCC1C. The first kappa shape index (κ1) is 16.0. The van der Waals surface area contributed by atoms with Crippen LogP contribution in [0.2, 0.25) is 0 Å². The highest BCUT2D eigenvalue weighted by Gasteiger charge is 2.33. The Hall–Kier alpha value is -0.910. The van der Waals surface area contributed by atoms with Gasteiger partial charge in [-0.15, -0.1) is 11.3 Å². The summed E-state index contributed by atoms with van der Waals surface area (Å²) < 4.78 is 5.66. The number of fused-ring (bicyclic) bond motifs is 1. The van der Waals surface area contributed by atoms with Crippen LogP contribution in [-0.4, -0.2) is 54.1 Å². The second-order valence-corrected chi connectivity index (χ2v) is 7.48. The minimum absolute atomic E-state index is 0.218. The summed E-state index contributed by atoms with van der Waals surface area (Å²) in [5, 5.41) is 2.16. The Kier molecular flexibility index (Phi) is 4.85. The van der Waals surface area contributed by atoms with Crippen LogP contribution in [0.4, 0.5) is 0 Å². The summed E-state index contributed by atoms with van der Waals surface area (Å²) in [5.41, 5.74) is 1.37. The van der Waals surface area contributed by atoms with E-state index in [1.807, 2.05) is 11.3 Å². The normalized spacial score (nSPS) is 29.4. The Balaban J connectivity index is 1.69. The molecule has 3 atom stereocenters. The molecule has 0 saturated carbocycles. The van der Waals surface area contributed by atoms with Gasteiger partial charge in [0.1, 0.15) is 0 Å². The predicted octanol–water partition coefficient (Wildman–Crippen LogP) is 2.69. The van der Waals surface area contributed by atoms with Crippen LogP contribution in [0.1, 0.15) is 43.7 Å². The molecule has 22 heavy (non-hydrogen) atoms. The lowest BCUT2D eigenvalue weighted by atomic mass is 9.97. The van der Waals surface area contributed by atoms with Gasteiger partial charge in [-0.25, -0.2) is 0 Å². The van der Waals surface area contributed by atoms with Crippen LogP contribution >= 0.6 is 11.3 Å². The van der Waals surface area contributed by atoms with Crippen molar-refractivity contribution >= 4 is 17.2 Å². The topological polar surface area (TPSA) is 32.8 Å². The molecule has 1 fully saturated rings. The first-order valence-electron chi connectivity index (χ1n) is 8.31. The molecule has 1 aromatic heterocycles. The molecule has 0 aliphatic carbocycles. The first-order chi connectivity index (χ1) is 10.6. The highest BCUT2D eigenvalue weighted by atomic mass is 32.1. The number of thiophene rings is 1. The third kappa shape index (κ3) is 3.07. The van der Waals surface area contributed by atoms with E-state index in [0.717, 1.165) is 32.5 Å². The summed E-state index contributed by atoms with van der Waals surface area (Å²) in [5.74, 6) is 0.268. The zero-order chi connectivity index (χ0) is 15.7. The van der Waals surface area contributed by atoms with E-state index in [1.165, 1.54) is 10.4 Å². The van der Waals surface area contributed by atoms with E-state index in [-0.39, 0.29) is 18.1 Å². The highest BCUT2D eigenvalue weighted by molar-refractivity contribution is 7.10. The molecule has 3 heterocycles. The van der Waals surface area contributed by atoms with Crippen molar-refractivity contribution in [3.8, 4) is 0 Å². The van der Waals surface area contributed by atoms with E-state index < -0.39 is 0 Å². The second kappa shape index (κ2) is 6.69. The van der Waals surface area contributed by atoms with Gasteiger partial charge in [0.05, 0.1) is 25.3 Å². The van der Waals surface area contributed by atoms with Gasteiger partial charge in [-0.2, -0.15) is 0 Å². The summed E-state index contributed by atoms with van der Waals surface area (Å²) in [6.07, 6.45) is 2.21. The standard InChI is InChI=1S/C17H26N2O2S/c1-4-15-14-6-8-22-16(14)5-7-19(15)17(20)10-18-9-13(3)21-11-12(18)2/h6,8,12-13,15H,4-5,7,9-11H2,1-3H3. The molecule has 0 radical (unpaired) electrons. The van der Waals surface area contributed by atoms with Crippen LogP contribution in [-0.2, 0) is 16.0 Å². The summed E-state index contributed by atoms with van der Waals surface area (Å²) in [6, 6.07) is 2.78. The molecule has 1 amide bonds. The monoisotopic (exact) mass is 322 g/mol. The van der Waals surface area contributed by atoms with Crippen molar-refractivity contribution in [2.45, 2.75) is 51.8 Å². The van der Waals surface area contributed by atoms with Gasteiger partial charge < -0.3 is 9.64 Å². The van der Waals surface area contributed by atoms with E-state index in [0.29, 0.717) is 12.6 Å². The average Bonchev–Trinajstić information content (AvgIpc) is 2.98. The maximum absolute atomic E-state index is 12.9. The van der Waals surface area contributed by atoms with Crippen molar-refractivity contribution in [2.24, 2.45) is 0 Å². The Morgan fingerprint density at radius 3 is 3.05 bits per heavy atom. The van der Waals surface area contributed by atoms with Crippen molar-refractivity contribution in [3.63, 3.8) is 0 Å². The number of carbonyl (C=O) groups excluding carboxylic acids is 1. The van der Waals surface area contributed by atoms with Gasteiger partial charge in [0.2, 0.25) is 5.91 Å². The lowest BCUT2D eigenvalue weighted by Crippen LogP contribution is -2.52. The van der Waals surface area contributed by atoms with E-state index in [2.05, 4.69) is 42.0 Å².